The molecule has 0 radical (unpaired) electrons. The predicted molar refractivity (Wildman–Crippen MR) is 181 cm³/mol. The van der Waals surface area contributed by atoms with E-state index in [1.54, 1.807) is 7.11 Å². The number of anilines is 1. The van der Waals surface area contributed by atoms with E-state index < -0.39 is 0 Å². The van der Waals surface area contributed by atoms with Crippen LogP contribution in [0.2, 0.25) is 0 Å². The molecule has 2 aliphatic rings. The smallest absolute Gasteiger partial charge is 0.242 e. The number of rotatable bonds is 6. The van der Waals surface area contributed by atoms with Gasteiger partial charge in [0.1, 0.15) is 12.3 Å². The van der Waals surface area contributed by atoms with Crippen molar-refractivity contribution in [3.8, 4) is 5.75 Å². The summed E-state index contributed by atoms with van der Waals surface area (Å²) in [6.07, 6.45) is 4.41. The van der Waals surface area contributed by atoms with E-state index in [1.165, 1.54) is 16.6 Å². The number of fused-ring (bicyclic) bond motifs is 4. The molecule has 4 aromatic rings. The van der Waals surface area contributed by atoms with Crippen molar-refractivity contribution in [2.45, 2.75) is 72.0 Å². The minimum atomic E-state index is 0.0679. The second-order valence-corrected chi connectivity index (χ2v) is 12.8. The maximum absolute atomic E-state index is 14.3. The first-order valence-electron chi connectivity index (χ1n) is 16.5. The minimum absolute atomic E-state index is 0.0679. The van der Waals surface area contributed by atoms with Crippen LogP contribution in [0.5, 0.6) is 5.75 Å². The molecule has 236 valence electrons. The summed E-state index contributed by atoms with van der Waals surface area (Å²) in [7, 11) is 1.65. The van der Waals surface area contributed by atoms with E-state index in [9.17, 15) is 9.59 Å². The summed E-state index contributed by atoms with van der Waals surface area (Å²) in [5.41, 5.74) is 7.86. The molecule has 0 unspecified atom stereocenters. The number of benzene rings is 3. The molecule has 3 aromatic carbocycles. The third-order valence-electron chi connectivity index (χ3n) is 9.66. The summed E-state index contributed by atoms with van der Waals surface area (Å²) >= 11 is 0. The van der Waals surface area contributed by atoms with Crippen LogP contribution in [0.3, 0.4) is 0 Å². The number of hydrogen-bond donors (Lipinski definition) is 0. The van der Waals surface area contributed by atoms with Gasteiger partial charge in [0.2, 0.25) is 11.8 Å². The van der Waals surface area contributed by atoms with Crippen molar-refractivity contribution in [3.63, 3.8) is 0 Å². The molecule has 0 N–H and O–H groups in total. The molecular weight excluding hydrogens is 560 g/mol. The zero-order valence-corrected chi connectivity index (χ0v) is 27.2. The Morgan fingerprint density at radius 2 is 1.64 bits per heavy atom. The number of para-hydroxylation sites is 2. The van der Waals surface area contributed by atoms with Crippen LogP contribution in [0.1, 0.15) is 54.6 Å². The van der Waals surface area contributed by atoms with E-state index in [-0.39, 0.29) is 11.8 Å². The Kier molecular flexibility index (Phi) is 9.27. The largest absolute Gasteiger partial charge is 0.497 e. The number of amides is 2. The van der Waals surface area contributed by atoms with Gasteiger partial charge in [0.05, 0.1) is 19.2 Å². The van der Waals surface area contributed by atoms with Crippen molar-refractivity contribution in [2.24, 2.45) is 0 Å². The Balaban J connectivity index is 1.33. The molecule has 2 heterocycles. The van der Waals surface area contributed by atoms with E-state index in [4.69, 9.17) is 4.74 Å². The molecule has 0 saturated carbocycles. The number of aryl methyl sites for hydroxylation is 2. The molecule has 7 heteroatoms. The van der Waals surface area contributed by atoms with Crippen molar-refractivity contribution in [2.75, 3.05) is 38.2 Å². The first kappa shape index (κ1) is 30.9. The van der Waals surface area contributed by atoms with Crippen molar-refractivity contribution >= 4 is 28.4 Å². The van der Waals surface area contributed by atoms with Gasteiger partial charge < -0.3 is 19.1 Å². The highest BCUT2D eigenvalue weighted by Crippen LogP contribution is 2.34. The maximum Gasteiger partial charge on any atom is 0.242 e. The fraction of sp³-hybridized carbons (Fsp3) is 0.421. The third-order valence-corrected chi connectivity index (χ3v) is 9.66. The normalized spacial score (nSPS) is 16.0. The predicted octanol–water partition coefficient (Wildman–Crippen LogP) is 6.17. The van der Waals surface area contributed by atoms with Gasteiger partial charge in [-0.1, -0.05) is 48.5 Å². The number of ether oxygens (including phenoxy) is 1. The fourth-order valence-corrected chi connectivity index (χ4v) is 7.26. The zero-order valence-electron chi connectivity index (χ0n) is 27.2. The standard InChI is InChI=1S/C38H46N4O3/c1-27(2)39-20-9-21-41(36(43)24-29-16-18-31(45-4)19-17-29)38-28(3)10-7-11-30(38)25-40(23-22-39)37(44)26-42-34-14-6-5-12-32(34)33-13-8-15-35(33)42/h5-7,10-12,14,16-19,27H,8-9,13,15,20-26H2,1-4H3. The molecule has 0 spiro atoms. The van der Waals surface area contributed by atoms with Gasteiger partial charge in [-0.15, -0.1) is 0 Å². The number of carbonyl (C=O) groups excluding carboxylic acids is 2. The first-order valence-corrected chi connectivity index (χ1v) is 16.5. The summed E-state index contributed by atoms with van der Waals surface area (Å²) in [6.45, 7) is 10.2. The molecule has 1 aromatic heterocycles. The Morgan fingerprint density at radius 1 is 0.844 bits per heavy atom. The average molecular weight is 607 g/mol. The highest BCUT2D eigenvalue weighted by molar-refractivity contribution is 5.96. The summed E-state index contributed by atoms with van der Waals surface area (Å²) in [6, 6.07) is 22.8. The molecule has 1 aliphatic heterocycles. The molecule has 45 heavy (non-hydrogen) atoms. The van der Waals surface area contributed by atoms with Gasteiger partial charge in [-0.05, 0) is 86.9 Å². The van der Waals surface area contributed by atoms with Crippen LogP contribution in [-0.2, 0) is 41.9 Å². The first-order chi connectivity index (χ1) is 21.8. The number of nitrogens with zero attached hydrogens (tertiary/aromatic N) is 4. The van der Waals surface area contributed by atoms with Gasteiger partial charge in [-0.25, -0.2) is 0 Å². The molecule has 0 saturated heterocycles. The summed E-state index contributed by atoms with van der Waals surface area (Å²) in [5.74, 6) is 0.967. The minimum Gasteiger partial charge on any atom is -0.497 e. The van der Waals surface area contributed by atoms with Gasteiger partial charge in [-0.3, -0.25) is 14.5 Å². The zero-order chi connectivity index (χ0) is 31.5. The van der Waals surface area contributed by atoms with Gasteiger partial charge in [-0.2, -0.15) is 0 Å². The summed E-state index contributed by atoms with van der Waals surface area (Å²) < 4.78 is 7.59. The van der Waals surface area contributed by atoms with Gasteiger partial charge in [0.15, 0.2) is 0 Å². The van der Waals surface area contributed by atoms with Crippen LogP contribution in [0.25, 0.3) is 10.9 Å². The van der Waals surface area contributed by atoms with Gasteiger partial charge in [0, 0.05) is 55.4 Å². The SMILES string of the molecule is COc1ccc(CC(=O)N2CCCN(C(C)C)CCN(C(=O)Cn3c4c(c5ccccc53)CCC4)Cc3cccc(C)c32)cc1. The van der Waals surface area contributed by atoms with Crippen molar-refractivity contribution in [1.29, 1.82) is 0 Å². The molecule has 0 fully saturated rings. The van der Waals surface area contributed by atoms with E-state index in [2.05, 4.69) is 72.7 Å². The van der Waals surface area contributed by atoms with Crippen molar-refractivity contribution < 1.29 is 14.3 Å². The monoisotopic (exact) mass is 606 g/mol. The van der Waals surface area contributed by atoms with Crippen LogP contribution in [0.15, 0.2) is 66.7 Å². The lowest BCUT2D eigenvalue weighted by Gasteiger charge is -2.30. The Labute approximate surface area is 267 Å². The van der Waals surface area contributed by atoms with E-state index in [1.807, 2.05) is 34.1 Å². The molecular formula is C38H46N4O3. The summed E-state index contributed by atoms with van der Waals surface area (Å²) in [4.78, 5) is 34.8. The van der Waals surface area contributed by atoms with Crippen molar-refractivity contribution in [1.82, 2.24) is 14.4 Å². The van der Waals surface area contributed by atoms with E-state index in [0.29, 0.717) is 38.6 Å². The Hall–Kier alpha value is -4.10. The highest BCUT2D eigenvalue weighted by Gasteiger charge is 2.28. The molecule has 6 rings (SSSR count). The van der Waals surface area contributed by atoms with Crippen LogP contribution < -0.4 is 9.64 Å². The van der Waals surface area contributed by atoms with Gasteiger partial charge >= 0.3 is 0 Å². The average Bonchev–Trinajstić information content (AvgIpc) is 3.62. The lowest BCUT2D eigenvalue weighted by atomic mass is 10.0. The summed E-state index contributed by atoms with van der Waals surface area (Å²) in [5, 5.41) is 1.29. The Morgan fingerprint density at radius 3 is 2.42 bits per heavy atom. The molecule has 0 atom stereocenters. The van der Waals surface area contributed by atoms with Gasteiger partial charge in [0.25, 0.3) is 0 Å². The topological polar surface area (TPSA) is 58.0 Å². The molecule has 1 aliphatic carbocycles. The van der Waals surface area contributed by atoms with Crippen LogP contribution in [0.4, 0.5) is 5.69 Å². The van der Waals surface area contributed by atoms with Crippen LogP contribution in [-0.4, -0.2) is 65.5 Å². The van der Waals surface area contributed by atoms with E-state index in [0.717, 1.165) is 72.4 Å². The number of carbonyl (C=O) groups is 2. The second-order valence-electron chi connectivity index (χ2n) is 12.8. The van der Waals surface area contributed by atoms with Crippen LogP contribution >= 0.6 is 0 Å². The van der Waals surface area contributed by atoms with E-state index >= 15 is 0 Å². The highest BCUT2D eigenvalue weighted by atomic mass is 16.5. The quantitative estimate of drug-likeness (QED) is 0.264. The third kappa shape index (κ3) is 6.50. The fourth-order valence-electron chi connectivity index (χ4n) is 7.26. The lowest BCUT2D eigenvalue weighted by Crippen LogP contribution is -2.42. The number of aromatic nitrogens is 1. The molecule has 2 amide bonds. The Bertz CT molecular complexity index is 1670. The molecule has 7 nitrogen and oxygen atoms in total. The number of hydrogen-bond acceptors (Lipinski definition) is 4. The molecule has 0 bridgehead atoms. The maximum atomic E-state index is 14.3. The van der Waals surface area contributed by atoms with Crippen molar-refractivity contribution in [3.05, 3.63) is 94.7 Å². The second kappa shape index (κ2) is 13.5. The number of methoxy groups -OCH3 is 1. The van der Waals surface area contributed by atoms with Crippen LogP contribution in [0, 0.1) is 6.92 Å². The lowest BCUT2D eigenvalue weighted by molar-refractivity contribution is -0.132.